The van der Waals surface area contributed by atoms with Crippen LogP contribution in [0.2, 0.25) is 0 Å². The number of anilines is 1. The highest BCUT2D eigenvalue weighted by Gasteiger charge is 2.30. The number of hydrogen-bond donors (Lipinski definition) is 1. The molecule has 6 rings (SSSR count). The van der Waals surface area contributed by atoms with Gasteiger partial charge in [0.25, 0.3) is 0 Å². The van der Waals surface area contributed by atoms with Crippen LogP contribution < -0.4 is 5.32 Å². The maximum atomic E-state index is 12.4. The molecule has 0 bridgehead atoms. The van der Waals surface area contributed by atoms with E-state index < -0.39 is 0 Å². The Hall–Kier alpha value is -4.08. The Morgan fingerprint density at radius 3 is 2.84 bits per heavy atom. The van der Waals surface area contributed by atoms with E-state index in [4.69, 9.17) is 5.10 Å². The minimum atomic E-state index is -0.169. The largest absolute Gasteiger partial charge is 0.323 e. The lowest BCUT2D eigenvalue weighted by Crippen LogP contribution is -2.16. The fraction of sp³-hybridized carbons (Fsp3) is 0.273. The maximum Gasteiger partial charge on any atom is 0.227 e. The fourth-order valence-electron chi connectivity index (χ4n) is 3.90. The van der Waals surface area contributed by atoms with Crippen molar-refractivity contribution >= 4 is 22.9 Å². The second-order valence-corrected chi connectivity index (χ2v) is 8.27. The predicted octanol–water partition coefficient (Wildman–Crippen LogP) is 2.67. The Labute approximate surface area is 182 Å². The number of imidazole rings is 1. The van der Waals surface area contributed by atoms with E-state index in [1.54, 1.807) is 21.6 Å². The molecule has 0 radical (unpaired) electrons. The van der Waals surface area contributed by atoms with Crippen LogP contribution in [0.4, 0.5) is 5.69 Å². The van der Waals surface area contributed by atoms with Crippen LogP contribution in [0.3, 0.4) is 0 Å². The number of nitrogens with one attached hydrogen (secondary N) is 1. The number of carbonyl (C=O) groups excluding carboxylic acids is 1. The number of aryl methyl sites for hydroxylation is 1. The molecule has 1 aliphatic rings. The maximum absolute atomic E-state index is 12.4. The molecule has 10 nitrogen and oxygen atoms in total. The standard InChI is InChI=1S/C22H21N9O/c1-13(17-9-18(25-22(32)14-3-4-14)21-23-7-8-31(21)28-17)20-27-26-19-6-5-15(12-30(19)20)16-10-24-29(2)11-16/h5-14H,3-4H2,1-2H3,(H,25,32)/t13-/m1/s1. The molecule has 0 aromatic carbocycles. The SMILES string of the molecule is C[C@H](c1cc(NC(=O)C2CC2)c2nccn2n1)c1nnc2ccc(-c3cnn(C)c3)cn12. The van der Waals surface area contributed by atoms with Crippen molar-refractivity contribution in [3.8, 4) is 11.1 Å². The van der Waals surface area contributed by atoms with Crippen LogP contribution in [0.15, 0.2) is 49.2 Å². The molecular weight excluding hydrogens is 406 g/mol. The third-order valence-corrected chi connectivity index (χ3v) is 5.88. The molecule has 5 aromatic heterocycles. The lowest BCUT2D eigenvalue weighted by atomic mass is 10.1. The molecule has 1 fully saturated rings. The first-order valence-corrected chi connectivity index (χ1v) is 10.6. The molecule has 5 heterocycles. The monoisotopic (exact) mass is 427 g/mol. The van der Waals surface area contributed by atoms with Crippen LogP contribution in [0.1, 0.15) is 37.2 Å². The zero-order valence-electron chi connectivity index (χ0n) is 17.7. The quantitative estimate of drug-likeness (QED) is 0.462. The van der Waals surface area contributed by atoms with E-state index in [1.807, 2.05) is 55.2 Å². The van der Waals surface area contributed by atoms with Gasteiger partial charge in [0.1, 0.15) is 5.82 Å². The number of carbonyl (C=O) groups is 1. The van der Waals surface area contributed by atoms with Crippen molar-refractivity contribution in [3.05, 3.63) is 60.7 Å². The fourth-order valence-corrected chi connectivity index (χ4v) is 3.90. The molecule has 10 heteroatoms. The topological polar surface area (TPSA) is 107 Å². The number of fused-ring (bicyclic) bond motifs is 2. The summed E-state index contributed by atoms with van der Waals surface area (Å²) in [5.41, 5.74) is 4.85. The summed E-state index contributed by atoms with van der Waals surface area (Å²) >= 11 is 0. The van der Waals surface area contributed by atoms with Crippen molar-refractivity contribution in [3.63, 3.8) is 0 Å². The van der Waals surface area contributed by atoms with Gasteiger partial charge < -0.3 is 5.32 Å². The predicted molar refractivity (Wildman–Crippen MR) is 117 cm³/mol. The molecule has 0 saturated heterocycles. The summed E-state index contributed by atoms with van der Waals surface area (Å²) in [6, 6.07) is 5.84. The van der Waals surface area contributed by atoms with E-state index in [-0.39, 0.29) is 17.7 Å². The first kappa shape index (κ1) is 18.7. The normalized spacial score (nSPS) is 14.8. The van der Waals surface area contributed by atoms with Gasteiger partial charge in [-0.25, -0.2) is 9.50 Å². The van der Waals surface area contributed by atoms with E-state index in [9.17, 15) is 4.79 Å². The molecule has 1 atom stereocenters. The van der Waals surface area contributed by atoms with Gasteiger partial charge >= 0.3 is 0 Å². The number of pyridine rings is 1. The Morgan fingerprint density at radius 1 is 1.19 bits per heavy atom. The highest BCUT2D eigenvalue weighted by molar-refractivity contribution is 5.97. The zero-order valence-corrected chi connectivity index (χ0v) is 17.7. The van der Waals surface area contributed by atoms with Crippen LogP contribution in [0.25, 0.3) is 22.4 Å². The highest BCUT2D eigenvalue weighted by Crippen LogP contribution is 2.32. The molecule has 1 saturated carbocycles. The molecule has 0 unspecified atom stereocenters. The van der Waals surface area contributed by atoms with Gasteiger partial charge in [0.05, 0.1) is 23.5 Å². The summed E-state index contributed by atoms with van der Waals surface area (Å²) in [6.07, 6.45) is 11.2. The van der Waals surface area contributed by atoms with Crippen LogP contribution in [0, 0.1) is 5.92 Å². The van der Waals surface area contributed by atoms with E-state index in [1.165, 1.54) is 0 Å². The molecule has 1 amide bonds. The molecule has 5 aromatic rings. The molecule has 32 heavy (non-hydrogen) atoms. The number of amides is 1. The van der Waals surface area contributed by atoms with Crippen molar-refractivity contribution in [1.82, 2.24) is 39.0 Å². The minimum Gasteiger partial charge on any atom is -0.323 e. The third-order valence-electron chi connectivity index (χ3n) is 5.88. The first-order valence-electron chi connectivity index (χ1n) is 10.6. The van der Waals surface area contributed by atoms with Gasteiger partial charge in [0, 0.05) is 48.9 Å². The minimum absolute atomic E-state index is 0.0359. The van der Waals surface area contributed by atoms with Gasteiger partial charge in [-0.2, -0.15) is 10.2 Å². The third kappa shape index (κ3) is 3.11. The molecule has 1 N–H and O–H groups in total. The van der Waals surface area contributed by atoms with Crippen molar-refractivity contribution in [2.45, 2.75) is 25.7 Å². The van der Waals surface area contributed by atoms with Crippen molar-refractivity contribution in [2.24, 2.45) is 13.0 Å². The van der Waals surface area contributed by atoms with E-state index in [2.05, 4.69) is 25.6 Å². The summed E-state index contributed by atoms with van der Waals surface area (Å²) in [6.45, 7) is 2.03. The van der Waals surface area contributed by atoms with Gasteiger partial charge in [-0.1, -0.05) is 0 Å². The number of aromatic nitrogens is 8. The molecule has 0 aliphatic heterocycles. The lowest BCUT2D eigenvalue weighted by Gasteiger charge is -2.13. The second kappa shape index (κ2) is 6.98. The van der Waals surface area contributed by atoms with Gasteiger partial charge in [0.15, 0.2) is 11.3 Å². The Kier molecular flexibility index (Phi) is 4.07. The van der Waals surface area contributed by atoms with Crippen LogP contribution in [0.5, 0.6) is 0 Å². The van der Waals surface area contributed by atoms with Crippen LogP contribution in [-0.4, -0.2) is 44.9 Å². The van der Waals surface area contributed by atoms with Gasteiger partial charge in [-0.15, -0.1) is 10.2 Å². The Balaban J connectivity index is 1.41. The van der Waals surface area contributed by atoms with Crippen LogP contribution >= 0.6 is 0 Å². The molecule has 0 spiro atoms. The van der Waals surface area contributed by atoms with E-state index in [0.717, 1.165) is 41.1 Å². The van der Waals surface area contributed by atoms with Gasteiger partial charge in [-0.05, 0) is 38.0 Å². The molecule has 160 valence electrons. The number of rotatable bonds is 5. The van der Waals surface area contributed by atoms with Gasteiger partial charge in [0.2, 0.25) is 5.91 Å². The van der Waals surface area contributed by atoms with Gasteiger partial charge in [-0.3, -0.25) is 13.9 Å². The Morgan fingerprint density at radius 2 is 2.06 bits per heavy atom. The summed E-state index contributed by atoms with van der Waals surface area (Å²) in [4.78, 5) is 16.8. The van der Waals surface area contributed by atoms with Crippen molar-refractivity contribution < 1.29 is 4.79 Å². The van der Waals surface area contributed by atoms with E-state index in [0.29, 0.717) is 11.3 Å². The van der Waals surface area contributed by atoms with E-state index >= 15 is 0 Å². The summed E-state index contributed by atoms with van der Waals surface area (Å²) < 4.78 is 5.45. The van der Waals surface area contributed by atoms with Crippen molar-refractivity contribution in [1.29, 1.82) is 0 Å². The Bertz CT molecular complexity index is 1470. The average Bonchev–Trinajstić information content (AvgIpc) is 3.18. The smallest absolute Gasteiger partial charge is 0.227 e. The average molecular weight is 427 g/mol. The second-order valence-electron chi connectivity index (χ2n) is 8.27. The first-order chi connectivity index (χ1) is 15.6. The number of hydrogen-bond acceptors (Lipinski definition) is 6. The lowest BCUT2D eigenvalue weighted by molar-refractivity contribution is -0.117. The molecule has 1 aliphatic carbocycles. The zero-order chi connectivity index (χ0) is 21.8. The highest BCUT2D eigenvalue weighted by atomic mass is 16.2. The van der Waals surface area contributed by atoms with Crippen LogP contribution in [-0.2, 0) is 11.8 Å². The molecular formula is C22H21N9O. The summed E-state index contributed by atoms with van der Waals surface area (Å²) in [7, 11) is 1.89. The van der Waals surface area contributed by atoms with Crippen molar-refractivity contribution in [2.75, 3.05) is 5.32 Å². The number of nitrogens with zero attached hydrogens (tertiary/aromatic N) is 8. The summed E-state index contributed by atoms with van der Waals surface area (Å²) in [5.74, 6) is 0.730. The summed E-state index contributed by atoms with van der Waals surface area (Å²) in [5, 5.41) is 20.8.